The molecule has 4 amide bonds. The van der Waals surface area contributed by atoms with Crippen LogP contribution in [0.1, 0.15) is 30.5 Å². The van der Waals surface area contributed by atoms with Gasteiger partial charge in [0.2, 0.25) is 5.91 Å². The highest BCUT2D eigenvalue weighted by atomic mass is 19.1. The molecule has 2 atom stereocenters. The summed E-state index contributed by atoms with van der Waals surface area (Å²) in [6.07, 6.45) is 0.251. The number of benzene rings is 3. The van der Waals surface area contributed by atoms with Crippen LogP contribution in [0.2, 0.25) is 0 Å². The number of nitrogens with one attached hydrogen (secondary N) is 1. The van der Waals surface area contributed by atoms with E-state index in [-0.39, 0.29) is 13.0 Å². The number of ether oxygens (including phenoxy) is 1. The van der Waals surface area contributed by atoms with E-state index in [0.29, 0.717) is 17.0 Å². The summed E-state index contributed by atoms with van der Waals surface area (Å²) in [5, 5.41) is 2.74. The van der Waals surface area contributed by atoms with Crippen LogP contribution in [0.5, 0.6) is 5.75 Å². The topological polar surface area (TPSA) is 79.0 Å². The number of urea groups is 1. The van der Waals surface area contributed by atoms with Crippen LogP contribution >= 0.6 is 0 Å². The zero-order valence-electron chi connectivity index (χ0n) is 19.1. The number of halogens is 1. The molecule has 5 rings (SSSR count). The fourth-order valence-electron chi connectivity index (χ4n) is 4.77. The summed E-state index contributed by atoms with van der Waals surface area (Å²) in [6.45, 7) is 1.56. The number of imide groups is 1. The molecule has 2 aliphatic rings. The molecule has 1 N–H and O–H groups in total. The van der Waals surface area contributed by atoms with Crippen LogP contribution in [0.25, 0.3) is 0 Å². The molecule has 1 fully saturated rings. The Morgan fingerprint density at radius 2 is 1.71 bits per heavy atom. The van der Waals surface area contributed by atoms with Gasteiger partial charge in [-0.15, -0.1) is 0 Å². The third-order valence-electron chi connectivity index (χ3n) is 6.62. The number of hydrogen-bond donors (Lipinski definition) is 1. The Labute approximate surface area is 202 Å². The monoisotopic (exact) mass is 473 g/mol. The molecule has 3 aromatic carbocycles. The Kier molecular flexibility index (Phi) is 5.72. The lowest BCUT2D eigenvalue weighted by molar-refractivity contribution is -0.135. The largest absolute Gasteiger partial charge is 0.489 e. The zero-order chi connectivity index (χ0) is 24.6. The molecule has 8 heteroatoms. The number of carbonyl (C=O) groups excluding carboxylic acids is 3. The van der Waals surface area contributed by atoms with E-state index in [1.54, 1.807) is 30.0 Å². The van der Waals surface area contributed by atoms with E-state index < -0.39 is 41.8 Å². The average Bonchev–Trinajstić information content (AvgIpc) is 3.14. The molecule has 3 aromatic rings. The summed E-state index contributed by atoms with van der Waals surface area (Å²) in [7, 11) is 0. The van der Waals surface area contributed by atoms with E-state index in [1.165, 1.54) is 24.3 Å². The molecule has 0 spiro atoms. The summed E-state index contributed by atoms with van der Waals surface area (Å²) < 4.78 is 19.4. The van der Waals surface area contributed by atoms with Crippen molar-refractivity contribution in [3.8, 4) is 5.75 Å². The van der Waals surface area contributed by atoms with Crippen LogP contribution in [-0.2, 0) is 15.1 Å². The van der Waals surface area contributed by atoms with E-state index in [0.717, 1.165) is 10.5 Å². The minimum atomic E-state index is -1.35. The Balaban J connectivity index is 1.47. The number of para-hydroxylation sites is 2. The maximum Gasteiger partial charge on any atom is 0.325 e. The SMILES string of the molecule is CC[C@@]1(c2ccc(F)cc2)NC(=O)N(CC(=O)N2c3ccccc3OC[C@H]2c2ccccc2)C1=O. The second-order valence-corrected chi connectivity index (χ2v) is 8.56. The quantitative estimate of drug-likeness (QED) is 0.565. The van der Waals surface area contributed by atoms with Gasteiger partial charge in [-0.2, -0.15) is 0 Å². The van der Waals surface area contributed by atoms with Crippen molar-refractivity contribution < 1.29 is 23.5 Å². The molecule has 2 heterocycles. The molecular weight excluding hydrogens is 449 g/mol. The van der Waals surface area contributed by atoms with E-state index in [9.17, 15) is 18.8 Å². The van der Waals surface area contributed by atoms with Gasteiger partial charge in [0, 0.05) is 0 Å². The number of anilines is 1. The van der Waals surface area contributed by atoms with Gasteiger partial charge in [-0.3, -0.25) is 19.4 Å². The average molecular weight is 474 g/mol. The normalized spacial score (nSPS) is 21.4. The van der Waals surface area contributed by atoms with Crippen LogP contribution in [0, 0.1) is 5.82 Å². The van der Waals surface area contributed by atoms with Crippen LogP contribution in [0.15, 0.2) is 78.9 Å². The molecular formula is C27H24FN3O4. The van der Waals surface area contributed by atoms with Crippen molar-refractivity contribution in [3.05, 3.63) is 95.8 Å². The van der Waals surface area contributed by atoms with Gasteiger partial charge in [0.15, 0.2) is 0 Å². The number of fused-ring (bicyclic) bond motifs is 1. The number of rotatable bonds is 5. The molecule has 178 valence electrons. The number of carbonyl (C=O) groups is 3. The van der Waals surface area contributed by atoms with Crippen molar-refractivity contribution in [2.45, 2.75) is 24.9 Å². The van der Waals surface area contributed by atoms with Crippen LogP contribution in [0.3, 0.4) is 0 Å². The first-order valence-electron chi connectivity index (χ1n) is 11.4. The van der Waals surface area contributed by atoms with Crippen LogP contribution in [0.4, 0.5) is 14.9 Å². The lowest BCUT2D eigenvalue weighted by atomic mass is 9.87. The Morgan fingerprint density at radius 3 is 2.43 bits per heavy atom. The molecule has 35 heavy (non-hydrogen) atoms. The highest BCUT2D eigenvalue weighted by molar-refractivity contribution is 6.11. The van der Waals surface area contributed by atoms with Gasteiger partial charge >= 0.3 is 6.03 Å². The fourth-order valence-corrected chi connectivity index (χ4v) is 4.77. The summed E-state index contributed by atoms with van der Waals surface area (Å²) in [5.74, 6) is -0.840. The predicted octanol–water partition coefficient (Wildman–Crippen LogP) is 4.15. The molecule has 1 saturated heterocycles. The van der Waals surface area contributed by atoms with Crippen molar-refractivity contribution in [1.82, 2.24) is 10.2 Å². The van der Waals surface area contributed by atoms with Gasteiger partial charge in [0.1, 0.15) is 30.3 Å². The smallest absolute Gasteiger partial charge is 0.325 e. The lowest BCUT2D eigenvalue weighted by Crippen LogP contribution is -2.48. The summed E-state index contributed by atoms with van der Waals surface area (Å²) in [5.41, 5.74) is 0.563. The highest BCUT2D eigenvalue weighted by Gasteiger charge is 2.52. The molecule has 2 aliphatic heterocycles. The molecule has 7 nitrogen and oxygen atoms in total. The zero-order valence-corrected chi connectivity index (χ0v) is 19.1. The van der Waals surface area contributed by atoms with Crippen molar-refractivity contribution in [3.63, 3.8) is 0 Å². The first-order valence-corrected chi connectivity index (χ1v) is 11.4. The number of hydrogen-bond acceptors (Lipinski definition) is 4. The van der Waals surface area contributed by atoms with Gasteiger partial charge in [-0.1, -0.05) is 61.5 Å². The molecule has 0 radical (unpaired) electrons. The summed E-state index contributed by atoms with van der Waals surface area (Å²) in [4.78, 5) is 42.7. The Bertz CT molecular complexity index is 1280. The van der Waals surface area contributed by atoms with Crippen LogP contribution in [-0.4, -0.2) is 35.9 Å². The van der Waals surface area contributed by atoms with Gasteiger partial charge in [-0.05, 0) is 41.8 Å². The molecule has 0 aromatic heterocycles. The maximum atomic E-state index is 13.7. The summed E-state index contributed by atoms with van der Waals surface area (Å²) >= 11 is 0. The minimum absolute atomic E-state index is 0.237. The van der Waals surface area contributed by atoms with Crippen molar-refractivity contribution in [2.24, 2.45) is 0 Å². The van der Waals surface area contributed by atoms with E-state index >= 15 is 0 Å². The first-order chi connectivity index (χ1) is 16.9. The highest BCUT2D eigenvalue weighted by Crippen LogP contribution is 2.40. The molecule has 0 saturated carbocycles. The number of amides is 4. The van der Waals surface area contributed by atoms with Gasteiger partial charge in [-0.25, -0.2) is 9.18 Å². The van der Waals surface area contributed by atoms with Gasteiger partial charge in [0.05, 0.1) is 11.7 Å². The van der Waals surface area contributed by atoms with Crippen molar-refractivity contribution >= 4 is 23.5 Å². The van der Waals surface area contributed by atoms with Crippen molar-refractivity contribution in [2.75, 3.05) is 18.1 Å². The third-order valence-corrected chi connectivity index (χ3v) is 6.62. The van der Waals surface area contributed by atoms with E-state index in [2.05, 4.69) is 5.32 Å². The molecule has 0 bridgehead atoms. The van der Waals surface area contributed by atoms with Gasteiger partial charge in [0.25, 0.3) is 5.91 Å². The fraction of sp³-hybridized carbons (Fsp3) is 0.222. The first kappa shape index (κ1) is 22.6. The van der Waals surface area contributed by atoms with Gasteiger partial charge < -0.3 is 10.1 Å². The van der Waals surface area contributed by atoms with E-state index in [4.69, 9.17) is 4.74 Å². The van der Waals surface area contributed by atoms with Crippen LogP contribution < -0.4 is 15.0 Å². The second kappa shape index (κ2) is 8.87. The predicted molar refractivity (Wildman–Crippen MR) is 127 cm³/mol. The molecule has 0 unspecified atom stereocenters. The molecule has 0 aliphatic carbocycles. The number of nitrogens with zero attached hydrogens (tertiary/aromatic N) is 2. The standard InChI is InChI=1S/C27H24FN3O4/c1-2-27(19-12-14-20(28)15-13-19)25(33)30(26(34)29-27)16-24(32)31-21-10-6-7-11-23(21)35-17-22(31)18-8-4-3-5-9-18/h3-15,22H,2,16-17H2,1H3,(H,29,34)/t22-,27-/m0/s1. The third kappa shape index (κ3) is 3.80. The second-order valence-electron chi connectivity index (χ2n) is 8.56. The maximum absolute atomic E-state index is 13.7. The minimum Gasteiger partial charge on any atom is -0.489 e. The van der Waals surface area contributed by atoms with E-state index in [1.807, 2.05) is 36.4 Å². The summed E-state index contributed by atoms with van der Waals surface area (Å²) in [6, 6.07) is 21.0. The Morgan fingerprint density at radius 1 is 1.03 bits per heavy atom. The Hall–Kier alpha value is -4.20. The lowest BCUT2D eigenvalue weighted by Gasteiger charge is -2.37. The van der Waals surface area contributed by atoms with Crippen molar-refractivity contribution in [1.29, 1.82) is 0 Å².